The van der Waals surface area contributed by atoms with Gasteiger partial charge in [0.1, 0.15) is 6.07 Å². The Labute approximate surface area is 91.8 Å². The molecule has 0 N–H and O–H groups in total. The van der Waals surface area contributed by atoms with Crippen molar-refractivity contribution in [2.24, 2.45) is 0 Å². The average molecular weight is 226 g/mol. The van der Waals surface area contributed by atoms with Crippen LogP contribution in [-0.2, 0) is 4.74 Å². The van der Waals surface area contributed by atoms with Crippen molar-refractivity contribution in [1.29, 1.82) is 5.26 Å². The third-order valence-corrected chi connectivity index (χ3v) is 3.50. The van der Waals surface area contributed by atoms with Gasteiger partial charge in [-0.15, -0.1) is 11.8 Å². The van der Waals surface area contributed by atoms with Crippen LogP contribution in [0.2, 0.25) is 5.02 Å². The molecule has 2 nitrogen and oxygen atoms in total. The summed E-state index contributed by atoms with van der Waals surface area (Å²) in [5.74, 6) is 0. The van der Waals surface area contributed by atoms with Crippen LogP contribution < -0.4 is 0 Å². The van der Waals surface area contributed by atoms with Gasteiger partial charge in [0.25, 0.3) is 0 Å². The number of thioether (sulfide) groups is 1. The number of nitriles is 1. The Kier molecular flexibility index (Phi) is 2.97. The molecule has 2 rings (SSSR count). The lowest BCUT2D eigenvalue weighted by Gasteiger charge is -2.25. The second kappa shape index (κ2) is 4.22. The Morgan fingerprint density at radius 1 is 1.50 bits per heavy atom. The number of halogens is 1. The van der Waals surface area contributed by atoms with E-state index in [2.05, 4.69) is 6.07 Å². The Balaban J connectivity index is 2.23. The van der Waals surface area contributed by atoms with Crippen LogP contribution in [0.3, 0.4) is 0 Å². The minimum Gasteiger partial charge on any atom is -0.379 e. The van der Waals surface area contributed by atoms with Crippen LogP contribution in [0.1, 0.15) is 5.56 Å². The highest BCUT2D eigenvalue weighted by atomic mass is 35.5. The van der Waals surface area contributed by atoms with Crippen LogP contribution in [0, 0.1) is 11.3 Å². The minimum absolute atomic E-state index is 0.473. The van der Waals surface area contributed by atoms with E-state index in [1.807, 2.05) is 12.1 Å². The molecule has 0 aromatic heterocycles. The van der Waals surface area contributed by atoms with Crippen molar-refractivity contribution in [1.82, 2.24) is 0 Å². The maximum Gasteiger partial charge on any atom is 0.102 e. The number of rotatable bonds is 2. The lowest BCUT2D eigenvalue weighted by molar-refractivity contribution is 0.0455. The third-order valence-electron chi connectivity index (χ3n) is 1.99. The molecular weight excluding hydrogens is 218 g/mol. The van der Waals surface area contributed by atoms with Crippen LogP contribution >= 0.6 is 23.4 Å². The molecule has 4 heteroatoms. The number of hydrogen-bond donors (Lipinski definition) is 0. The van der Waals surface area contributed by atoms with Crippen molar-refractivity contribution in [2.75, 3.05) is 13.2 Å². The van der Waals surface area contributed by atoms with Crippen molar-refractivity contribution in [3.05, 3.63) is 28.8 Å². The predicted octanol–water partition coefficient (Wildman–Crippen LogP) is 2.70. The van der Waals surface area contributed by atoms with Gasteiger partial charge in [-0.2, -0.15) is 5.26 Å². The van der Waals surface area contributed by atoms with Gasteiger partial charge in [-0.1, -0.05) is 17.7 Å². The summed E-state index contributed by atoms with van der Waals surface area (Å²) < 4.78 is 5.07. The van der Waals surface area contributed by atoms with Crippen LogP contribution in [0.25, 0.3) is 0 Å². The molecular formula is C10H8ClNOS. The average Bonchev–Trinajstić information content (AvgIpc) is 2.11. The van der Waals surface area contributed by atoms with Gasteiger partial charge in [0.05, 0.1) is 29.0 Å². The van der Waals surface area contributed by atoms with Gasteiger partial charge in [0, 0.05) is 4.90 Å². The molecule has 1 fully saturated rings. The first-order chi connectivity index (χ1) is 6.81. The van der Waals surface area contributed by atoms with Gasteiger partial charge in [-0.3, -0.25) is 0 Å². The smallest absolute Gasteiger partial charge is 0.102 e. The van der Waals surface area contributed by atoms with Crippen molar-refractivity contribution in [2.45, 2.75) is 10.1 Å². The summed E-state index contributed by atoms with van der Waals surface area (Å²) in [5, 5.41) is 9.92. The zero-order valence-corrected chi connectivity index (χ0v) is 8.94. The fourth-order valence-corrected chi connectivity index (χ4v) is 2.56. The first-order valence-electron chi connectivity index (χ1n) is 4.24. The largest absolute Gasteiger partial charge is 0.379 e. The maximum atomic E-state index is 8.92. The molecule has 0 amide bonds. The molecule has 0 spiro atoms. The molecule has 1 saturated heterocycles. The van der Waals surface area contributed by atoms with Crippen molar-refractivity contribution < 1.29 is 4.74 Å². The zero-order chi connectivity index (χ0) is 9.97. The number of nitrogens with zero attached hydrogens (tertiary/aromatic N) is 1. The Morgan fingerprint density at radius 3 is 2.86 bits per heavy atom. The molecule has 0 atom stereocenters. The number of ether oxygens (including phenoxy) is 1. The molecule has 0 saturated carbocycles. The first-order valence-corrected chi connectivity index (χ1v) is 5.50. The van der Waals surface area contributed by atoms with E-state index in [0.717, 1.165) is 18.1 Å². The summed E-state index contributed by atoms with van der Waals surface area (Å²) in [5.41, 5.74) is 0.575. The molecule has 0 unspecified atom stereocenters. The quantitative estimate of drug-likeness (QED) is 0.776. The van der Waals surface area contributed by atoms with Crippen molar-refractivity contribution >= 4 is 23.4 Å². The Hall–Kier alpha value is -0.690. The lowest BCUT2D eigenvalue weighted by atomic mass is 10.2. The van der Waals surface area contributed by atoms with Crippen LogP contribution in [-0.4, -0.2) is 18.5 Å². The number of benzene rings is 1. The molecule has 1 aromatic carbocycles. The molecule has 1 aliphatic rings. The topological polar surface area (TPSA) is 33.0 Å². The summed E-state index contributed by atoms with van der Waals surface area (Å²) in [6.07, 6.45) is 0. The van der Waals surface area contributed by atoms with E-state index in [9.17, 15) is 0 Å². The maximum absolute atomic E-state index is 8.92. The van der Waals surface area contributed by atoms with E-state index in [1.165, 1.54) is 0 Å². The molecule has 0 bridgehead atoms. The van der Waals surface area contributed by atoms with Gasteiger partial charge < -0.3 is 4.74 Å². The molecule has 14 heavy (non-hydrogen) atoms. The summed E-state index contributed by atoms with van der Waals surface area (Å²) in [6, 6.07) is 7.65. The van der Waals surface area contributed by atoms with Gasteiger partial charge in [0.15, 0.2) is 0 Å². The molecule has 1 aromatic rings. The molecule has 1 heterocycles. The van der Waals surface area contributed by atoms with E-state index in [1.54, 1.807) is 17.8 Å². The zero-order valence-electron chi connectivity index (χ0n) is 7.37. The van der Waals surface area contributed by atoms with Gasteiger partial charge in [-0.25, -0.2) is 0 Å². The third kappa shape index (κ3) is 1.88. The predicted molar refractivity (Wildman–Crippen MR) is 56.6 cm³/mol. The van der Waals surface area contributed by atoms with E-state index in [4.69, 9.17) is 21.6 Å². The SMILES string of the molecule is N#Cc1c(Cl)cccc1SC1COC1. The van der Waals surface area contributed by atoms with Gasteiger partial charge in [-0.05, 0) is 12.1 Å². The Bertz CT molecular complexity index is 384. The number of hydrogen-bond acceptors (Lipinski definition) is 3. The second-order valence-corrected chi connectivity index (χ2v) is 4.75. The van der Waals surface area contributed by atoms with E-state index in [0.29, 0.717) is 15.8 Å². The lowest BCUT2D eigenvalue weighted by Crippen LogP contribution is -2.30. The molecule has 0 radical (unpaired) electrons. The Morgan fingerprint density at radius 2 is 2.29 bits per heavy atom. The monoisotopic (exact) mass is 225 g/mol. The highest BCUT2D eigenvalue weighted by Gasteiger charge is 2.21. The molecule has 72 valence electrons. The second-order valence-electron chi connectivity index (χ2n) is 3.00. The highest BCUT2D eigenvalue weighted by Crippen LogP contribution is 2.33. The van der Waals surface area contributed by atoms with E-state index < -0.39 is 0 Å². The van der Waals surface area contributed by atoms with Gasteiger partial charge in [0.2, 0.25) is 0 Å². The van der Waals surface area contributed by atoms with Crippen molar-refractivity contribution in [3.8, 4) is 6.07 Å². The standard InChI is InChI=1S/C10H8ClNOS/c11-9-2-1-3-10(8(9)4-12)14-7-5-13-6-7/h1-3,7H,5-6H2. The fourth-order valence-electron chi connectivity index (χ4n) is 1.17. The fraction of sp³-hybridized carbons (Fsp3) is 0.300. The van der Waals surface area contributed by atoms with Crippen LogP contribution in [0.4, 0.5) is 0 Å². The highest BCUT2D eigenvalue weighted by molar-refractivity contribution is 8.00. The summed E-state index contributed by atoms with van der Waals surface area (Å²) >= 11 is 7.57. The molecule has 0 aliphatic carbocycles. The first kappa shape index (κ1) is 9.85. The normalized spacial score (nSPS) is 16.0. The summed E-state index contributed by atoms with van der Waals surface area (Å²) in [4.78, 5) is 0.952. The van der Waals surface area contributed by atoms with E-state index in [-0.39, 0.29) is 0 Å². The summed E-state index contributed by atoms with van der Waals surface area (Å²) in [7, 11) is 0. The van der Waals surface area contributed by atoms with Crippen molar-refractivity contribution in [3.63, 3.8) is 0 Å². The molecule has 1 aliphatic heterocycles. The van der Waals surface area contributed by atoms with Crippen LogP contribution in [0.5, 0.6) is 0 Å². The summed E-state index contributed by atoms with van der Waals surface area (Å²) in [6.45, 7) is 1.53. The van der Waals surface area contributed by atoms with Gasteiger partial charge >= 0.3 is 0 Å². The van der Waals surface area contributed by atoms with Crippen LogP contribution in [0.15, 0.2) is 23.1 Å². The minimum atomic E-state index is 0.473. The van der Waals surface area contributed by atoms with E-state index >= 15 is 0 Å².